The minimum absolute atomic E-state index is 0.117. The van der Waals surface area contributed by atoms with Gasteiger partial charge in [-0.1, -0.05) is 18.2 Å². The minimum Gasteiger partial charge on any atom is -0.383 e. The second-order valence-corrected chi connectivity index (χ2v) is 7.23. The maximum Gasteiger partial charge on any atom is 0.237 e. The molecule has 7 heteroatoms. The molecule has 29 heavy (non-hydrogen) atoms. The van der Waals surface area contributed by atoms with Gasteiger partial charge in [-0.3, -0.25) is 14.7 Å². The van der Waals surface area contributed by atoms with E-state index in [2.05, 4.69) is 20.5 Å². The Kier molecular flexibility index (Phi) is 6.17. The summed E-state index contributed by atoms with van der Waals surface area (Å²) in [5.74, 6) is -0.913. The number of carbonyl (C=O) groups is 1. The van der Waals surface area contributed by atoms with Gasteiger partial charge < -0.3 is 15.4 Å². The Hall–Kier alpha value is -2.77. The zero-order valence-corrected chi connectivity index (χ0v) is 16.2. The van der Waals surface area contributed by atoms with E-state index in [9.17, 15) is 9.18 Å². The Bertz CT molecular complexity index is 896. The van der Waals surface area contributed by atoms with Crippen molar-refractivity contribution < 1.29 is 13.9 Å². The molecule has 1 saturated heterocycles. The fraction of sp³-hybridized carbons (Fsp3) is 0.364. The maximum absolute atomic E-state index is 14.4. The summed E-state index contributed by atoms with van der Waals surface area (Å²) in [6.45, 7) is 5.19. The van der Waals surface area contributed by atoms with Crippen LogP contribution in [0.15, 0.2) is 47.5 Å². The van der Waals surface area contributed by atoms with Gasteiger partial charge in [0.25, 0.3) is 0 Å². The molecule has 0 aliphatic carbocycles. The fourth-order valence-corrected chi connectivity index (χ4v) is 3.62. The summed E-state index contributed by atoms with van der Waals surface area (Å²) in [5.41, 5.74) is 2.64. The number of halogens is 1. The first kappa shape index (κ1) is 19.5. The van der Waals surface area contributed by atoms with Crippen molar-refractivity contribution in [3.05, 3.63) is 53.8 Å². The number of para-hydroxylation sites is 1. The molecular weight excluding hydrogens is 371 g/mol. The van der Waals surface area contributed by atoms with Gasteiger partial charge >= 0.3 is 0 Å². The van der Waals surface area contributed by atoms with E-state index in [0.717, 1.165) is 50.5 Å². The molecule has 4 rings (SSSR count). The summed E-state index contributed by atoms with van der Waals surface area (Å²) in [6.07, 6.45) is 2.51. The molecule has 152 valence electrons. The lowest BCUT2D eigenvalue weighted by atomic mass is 10.0. The highest BCUT2D eigenvalue weighted by molar-refractivity contribution is 6.12. The summed E-state index contributed by atoms with van der Waals surface area (Å²) in [4.78, 5) is 18.8. The number of carbonyl (C=O) groups excluding carboxylic acids is 1. The average molecular weight is 396 g/mol. The number of rotatable bonds is 7. The van der Waals surface area contributed by atoms with E-state index >= 15 is 0 Å². The summed E-state index contributed by atoms with van der Waals surface area (Å²) in [5, 5.41) is 5.98. The highest BCUT2D eigenvalue weighted by atomic mass is 19.1. The molecule has 2 N–H and O–H groups in total. The van der Waals surface area contributed by atoms with Crippen LogP contribution in [0.1, 0.15) is 17.9 Å². The maximum atomic E-state index is 14.4. The zero-order chi connectivity index (χ0) is 20.1. The number of anilines is 2. The second kappa shape index (κ2) is 9.15. The van der Waals surface area contributed by atoms with E-state index in [1.54, 1.807) is 18.3 Å². The monoisotopic (exact) mass is 396 g/mol. The molecule has 0 spiro atoms. The van der Waals surface area contributed by atoms with E-state index in [0.29, 0.717) is 17.9 Å². The van der Waals surface area contributed by atoms with Crippen molar-refractivity contribution in [2.24, 2.45) is 4.99 Å². The molecule has 1 unspecified atom stereocenters. The van der Waals surface area contributed by atoms with Crippen LogP contribution in [0, 0.1) is 5.82 Å². The molecule has 0 radical (unpaired) electrons. The van der Waals surface area contributed by atoms with Gasteiger partial charge in [0.1, 0.15) is 11.7 Å². The minimum atomic E-state index is -0.452. The number of nitrogens with one attached hydrogen (secondary N) is 2. The first-order valence-corrected chi connectivity index (χ1v) is 9.98. The van der Waals surface area contributed by atoms with Crippen LogP contribution in [0.4, 0.5) is 21.5 Å². The van der Waals surface area contributed by atoms with Crippen LogP contribution in [-0.4, -0.2) is 56.4 Å². The van der Waals surface area contributed by atoms with E-state index in [1.165, 1.54) is 6.07 Å². The second-order valence-electron chi connectivity index (χ2n) is 7.23. The SMILES string of the molecule is O=C1Nc2ccccc2C1C=Nc1ccc(NCCCN2CCOCC2)c(F)c1. The van der Waals surface area contributed by atoms with E-state index < -0.39 is 5.92 Å². The first-order valence-electron chi connectivity index (χ1n) is 9.98. The number of ether oxygens (including phenoxy) is 1. The third-order valence-corrected chi connectivity index (χ3v) is 5.23. The number of amides is 1. The highest BCUT2D eigenvalue weighted by Crippen LogP contribution is 2.31. The molecule has 2 heterocycles. The number of hydrogen-bond acceptors (Lipinski definition) is 5. The van der Waals surface area contributed by atoms with Crippen LogP contribution in [0.3, 0.4) is 0 Å². The van der Waals surface area contributed by atoms with Crippen molar-refractivity contribution in [3.63, 3.8) is 0 Å². The molecule has 0 aromatic heterocycles. The van der Waals surface area contributed by atoms with Gasteiger partial charge in [0.05, 0.1) is 24.6 Å². The molecule has 6 nitrogen and oxygen atoms in total. The van der Waals surface area contributed by atoms with Gasteiger partial charge in [0, 0.05) is 37.6 Å². The lowest BCUT2D eigenvalue weighted by Gasteiger charge is -2.26. The quantitative estimate of drug-likeness (QED) is 0.556. The average Bonchev–Trinajstić information content (AvgIpc) is 3.06. The molecule has 0 bridgehead atoms. The van der Waals surface area contributed by atoms with Gasteiger partial charge in [0.2, 0.25) is 5.91 Å². The predicted molar refractivity (Wildman–Crippen MR) is 113 cm³/mol. The molecular formula is C22H25FN4O2. The topological polar surface area (TPSA) is 66.0 Å². The number of hydrogen-bond donors (Lipinski definition) is 2. The van der Waals surface area contributed by atoms with Gasteiger partial charge in [-0.15, -0.1) is 0 Å². The van der Waals surface area contributed by atoms with Crippen LogP contribution >= 0.6 is 0 Å². The molecule has 1 atom stereocenters. The van der Waals surface area contributed by atoms with Crippen molar-refractivity contribution in [1.82, 2.24) is 4.90 Å². The largest absolute Gasteiger partial charge is 0.383 e. The molecule has 0 saturated carbocycles. The van der Waals surface area contributed by atoms with Gasteiger partial charge in [-0.05, 0) is 36.7 Å². The molecule has 2 aromatic carbocycles. The van der Waals surface area contributed by atoms with Gasteiger partial charge in [-0.25, -0.2) is 4.39 Å². The zero-order valence-electron chi connectivity index (χ0n) is 16.2. The number of nitrogens with zero attached hydrogens (tertiary/aromatic N) is 2. The normalized spacial score (nSPS) is 19.3. The van der Waals surface area contributed by atoms with Crippen molar-refractivity contribution in [3.8, 4) is 0 Å². The number of fused-ring (bicyclic) bond motifs is 1. The van der Waals surface area contributed by atoms with Crippen LogP contribution in [-0.2, 0) is 9.53 Å². The fourth-order valence-electron chi connectivity index (χ4n) is 3.62. The summed E-state index contributed by atoms with van der Waals surface area (Å²) in [6, 6.07) is 12.4. The Morgan fingerprint density at radius 1 is 1.24 bits per heavy atom. The third kappa shape index (κ3) is 4.81. The standard InChI is InChI=1S/C22H25FN4O2/c23-19-14-16(25-15-18-17-4-1-2-5-20(17)26-22(18)28)6-7-21(19)24-8-3-9-27-10-12-29-13-11-27/h1-2,4-7,14-15,18,24H,3,8-13H2,(H,26,28). The predicted octanol–water partition coefficient (Wildman–Crippen LogP) is 3.40. The van der Waals surface area contributed by atoms with E-state index in [1.807, 2.05) is 24.3 Å². The van der Waals surface area contributed by atoms with E-state index in [4.69, 9.17) is 4.74 Å². The highest BCUT2D eigenvalue weighted by Gasteiger charge is 2.28. The molecule has 1 amide bonds. The lowest BCUT2D eigenvalue weighted by Crippen LogP contribution is -2.37. The molecule has 1 fully saturated rings. The summed E-state index contributed by atoms with van der Waals surface area (Å²) < 4.78 is 19.7. The Morgan fingerprint density at radius 3 is 2.90 bits per heavy atom. The van der Waals surface area contributed by atoms with E-state index in [-0.39, 0.29) is 11.7 Å². The molecule has 2 aliphatic rings. The van der Waals surface area contributed by atoms with Crippen LogP contribution in [0.2, 0.25) is 0 Å². The van der Waals surface area contributed by atoms with Crippen molar-refractivity contribution >= 4 is 29.2 Å². The Labute approximate surface area is 169 Å². The van der Waals surface area contributed by atoms with Crippen molar-refractivity contribution in [1.29, 1.82) is 0 Å². The summed E-state index contributed by atoms with van der Waals surface area (Å²) >= 11 is 0. The van der Waals surface area contributed by atoms with Gasteiger partial charge in [-0.2, -0.15) is 0 Å². The van der Waals surface area contributed by atoms with Crippen molar-refractivity contribution in [2.45, 2.75) is 12.3 Å². The summed E-state index contributed by atoms with van der Waals surface area (Å²) in [7, 11) is 0. The lowest BCUT2D eigenvalue weighted by molar-refractivity contribution is -0.115. The number of morpholine rings is 1. The van der Waals surface area contributed by atoms with Gasteiger partial charge in [0.15, 0.2) is 0 Å². The Morgan fingerprint density at radius 2 is 2.07 bits per heavy atom. The number of benzene rings is 2. The smallest absolute Gasteiger partial charge is 0.237 e. The van der Waals surface area contributed by atoms with Crippen LogP contribution in [0.5, 0.6) is 0 Å². The third-order valence-electron chi connectivity index (χ3n) is 5.23. The number of aliphatic imine (C=N–C) groups is 1. The van der Waals surface area contributed by atoms with Crippen LogP contribution < -0.4 is 10.6 Å². The molecule has 2 aromatic rings. The molecule has 2 aliphatic heterocycles. The Balaban J connectivity index is 1.31. The van der Waals surface area contributed by atoms with Crippen LogP contribution in [0.25, 0.3) is 0 Å². The first-order chi connectivity index (χ1) is 14.2. The van der Waals surface area contributed by atoms with Crippen molar-refractivity contribution in [2.75, 3.05) is 50.0 Å².